The average Bonchev–Trinajstić information content (AvgIpc) is 3.11. The van der Waals surface area contributed by atoms with Crippen LogP contribution < -0.4 is 5.32 Å². The minimum absolute atomic E-state index is 0.299. The number of carbonyl (C=O) groups is 1. The maximum atomic E-state index is 12.8. The maximum absolute atomic E-state index is 12.8. The van der Waals surface area contributed by atoms with Crippen LogP contribution in [0.1, 0.15) is 64.5 Å². The van der Waals surface area contributed by atoms with E-state index in [4.69, 9.17) is 0 Å². The molecule has 152 valence electrons. The lowest BCUT2D eigenvalue weighted by molar-refractivity contribution is -0.141. The Kier molecular flexibility index (Phi) is 4.44. The number of nitrogens with one attached hydrogen (secondary N) is 3. The number of carbonyl (C=O) groups excluding carboxylic acids is 1. The number of aromatic nitrogens is 5. The molecule has 0 spiro atoms. The van der Waals surface area contributed by atoms with Gasteiger partial charge in [-0.25, -0.2) is 4.98 Å². The highest BCUT2D eigenvalue weighted by atomic mass is 19.4. The molecule has 1 unspecified atom stereocenters. The van der Waals surface area contributed by atoms with E-state index in [2.05, 4.69) is 30.5 Å². The Bertz CT molecular complexity index is 1020. The van der Waals surface area contributed by atoms with Crippen LogP contribution in [0.4, 0.5) is 13.2 Å². The van der Waals surface area contributed by atoms with Crippen LogP contribution in [0.15, 0.2) is 30.9 Å². The Morgan fingerprint density at radius 2 is 2.03 bits per heavy atom. The molecule has 3 aromatic rings. The van der Waals surface area contributed by atoms with Crippen molar-refractivity contribution < 1.29 is 18.0 Å². The minimum atomic E-state index is -4.47. The van der Waals surface area contributed by atoms with Crippen LogP contribution in [-0.2, 0) is 11.6 Å². The first-order valence-electron chi connectivity index (χ1n) is 9.11. The van der Waals surface area contributed by atoms with E-state index in [0.717, 1.165) is 30.0 Å². The molecule has 1 saturated carbocycles. The maximum Gasteiger partial charge on any atom is 0.433 e. The van der Waals surface area contributed by atoms with Gasteiger partial charge in [-0.05, 0) is 49.4 Å². The molecule has 0 saturated heterocycles. The highest BCUT2D eigenvalue weighted by Gasteiger charge is 2.48. The number of rotatable bonds is 5. The largest absolute Gasteiger partial charge is 0.433 e. The van der Waals surface area contributed by atoms with Gasteiger partial charge >= 0.3 is 6.18 Å². The fraction of sp³-hybridized carbons (Fsp3) is 0.368. The molecule has 1 atom stereocenters. The molecule has 3 aromatic heterocycles. The number of hydrogen-bond acceptors (Lipinski definition) is 4. The molecule has 0 bridgehead atoms. The van der Waals surface area contributed by atoms with Crippen LogP contribution in [0.3, 0.4) is 0 Å². The second kappa shape index (κ2) is 6.71. The molecule has 0 radical (unpaired) electrons. The quantitative estimate of drug-likeness (QED) is 0.607. The van der Waals surface area contributed by atoms with E-state index in [1.165, 1.54) is 18.6 Å². The van der Waals surface area contributed by atoms with Gasteiger partial charge in [0.15, 0.2) is 5.82 Å². The van der Waals surface area contributed by atoms with Gasteiger partial charge in [0.2, 0.25) is 0 Å². The summed E-state index contributed by atoms with van der Waals surface area (Å²) >= 11 is 0. The van der Waals surface area contributed by atoms with Gasteiger partial charge in [0.1, 0.15) is 17.7 Å². The van der Waals surface area contributed by atoms with Crippen LogP contribution in [0.25, 0.3) is 0 Å². The third-order valence-electron chi connectivity index (χ3n) is 5.41. The van der Waals surface area contributed by atoms with Crippen molar-refractivity contribution in [2.45, 2.75) is 44.3 Å². The van der Waals surface area contributed by atoms with E-state index in [0.29, 0.717) is 17.1 Å². The monoisotopic (exact) mass is 404 g/mol. The van der Waals surface area contributed by atoms with E-state index >= 15 is 0 Å². The summed E-state index contributed by atoms with van der Waals surface area (Å²) in [7, 11) is 0. The van der Waals surface area contributed by atoms with Crippen LogP contribution in [0.2, 0.25) is 0 Å². The second-order valence-electron chi connectivity index (χ2n) is 7.27. The van der Waals surface area contributed by atoms with Crippen molar-refractivity contribution in [3.05, 3.63) is 64.8 Å². The van der Waals surface area contributed by atoms with Gasteiger partial charge < -0.3 is 10.3 Å². The van der Waals surface area contributed by atoms with Crippen molar-refractivity contribution in [1.82, 2.24) is 30.5 Å². The standard InChI is InChI=1S/C19H19F3N6O/c1-10-13(8-24-15(10)17(29)27-11(2)16-25-9-26-28-16)18(5-6-18)12-3-4-14(23-7-12)19(20,21)22/h3-4,7-9,11,24H,5-6H2,1-2H3,(H,27,29)(H,25,26,28). The average molecular weight is 404 g/mol. The summed E-state index contributed by atoms with van der Waals surface area (Å²) in [4.78, 5) is 23.3. The van der Waals surface area contributed by atoms with Crippen molar-refractivity contribution in [3.8, 4) is 0 Å². The van der Waals surface area contributed by atoms with E-state index < -0.39 is 17.3 Å². The Balaban J connectivity index is 1.57. The van der Waals surface area contributed by atoms with Gasteiger partial charge in [0.05, 0.1) is 6.04 Å². The van der Waals surface area contributed by atoms with Gasteiger partial charge in [-0.3, -0.25) is 14.9 Å². The Morgan fingerprint density at radius 1 is 1.28 bits per heavy atom. The number of pyridine rings is 1. The molecule has 0 aliphatic heterocycles. The number of H-pyrrole nitrogens is 2. The molecule has 1 aliphatic carbocycles. The number of halogens is 3. The van der Waals surface area contributed by atoms with E-state index in [1.54, 1.807) is 13.1 Å². The topological polar surface area (TPSA) is 99.4 Å². The zero-order chi connectivity index (χ0) is 20.8. The lowest BCUT2D eigenvalue weighted by atomic mass is 9.88. The first kappa shape index (κ1) is 19.2. The molecule has 29 heavy (non-hydrogen) atoms. The van der Waals surface area contributed by atoms with Crippen molar-refractivity contribution in [3.63, 3.8) is 0 Å². The summed E-state index contributed by atoms with van der Waals surface area (Å²) in [5, 5.41) is 9.39. The number of alkyl halides is 3. The molecular formula is C19H19F3N6O. The van der Waals surface area contributed by atoms with Crippen LogP contribution in [0.5, 0.6) is 0 Å². The molecule has 10 heteroatoms. The summed E-state index contributed by atoms with van der Waals surface area (Å²) in [6.07, 6.45) is 1.58. The molecular weight excluding hydrogens is 385 g/mol. The first-order valence-corrected chi connectivity index (χ1v) is 9.11. The molecule has 3 N–H and O–H groups in total. The van der Waals surface area contributed by atoms with E-state index in [1.807, 2.05) is 6.92 Å². The summed E-state index contributed by atoms with van der Waals surface area (Å²) in [5.74, 6) is 0.171. The Morgan fingerprint density at radius 3 is 2.59 bits per heavy atom. The summed E-state index contributed by atoms with van der Waals surface area (Å²) < 4.78 is 38.4. The highest BCUT2D eigenvalue weighted by Crippen LogP contribution is 2.54. The molecule has 0 aromatic carbocycles. The van der Waals surface area contributed by atoms with Gasteiger partial charge in [0.25, 0.3) is 5.91 Å². The predicted molar refractivity (Wildman–Crippen MR) is 97.0 cm³/mol. The van der Waals surface area contributed by atoms with Crippen LogP contribution in [0, 0.1) is 6.92 Å². The van der Waals surface area contributed by atoms with Gasteiger partial charge in [-0.15, -0.1) is 0 Å². The van der Waals surface area contributed by atoms with Crippen molar-refractivity contribution in [2.24, 2.45) is 0 Å². The van der Waals surface area contributed by atoms with Crippen LogP contribution in [-0.4, -0.2) is 31.1 Å². The fourth-order valence-corrected chi connectivity index (χ4v) is 3.67. The molecule has 1 aliphatic rings. The summed E-state index contributed by atoms with van der Waals surface area (Å²) in [6.45, 7) is 3.60. The number of aromatic amines is 2. The van der Waals surface area contributed by atoms with Gasteiger partial charge in [0, 0.05) is 17.8 Å². The molecule has 4 rings (SSSR count). The lowest BCUT2D eigenvalue weighted by Gasteiger charge is -2.17. The summed E-state index contributed by atoms with van der Waals surface area (Å²) in [5.41, 5.74) is 1.47. The zero-order valence-electron chi connectivity index (χ0n) is 15.8. The van der Waals surface area contributed by atoms with E-state index in [-0.39, 0.29) is 11.9 Å². The van der Waals surface area contributed by atoms with Gasteiger partial charge in [-0.2, -0.15) is 18.3 Å². The van der Waals surface area contributed by atoms with E-state index in [9.17, 15) is 18.0 Å². The minimum Gasteiger partial charge on any atom is -0.357 e. The summed E-state index contributed by atoms with van der Waals surface area (Å²) in [6, 6.07) is 2.10. The number of hydrogen-bond donors (Lipinski definition) is 3. The predicted octanol–water partition coefficient (Wildman–Crippen LogP) is 3.43. The second-order valence-corrected chi connectivity index (χ2v) is 7.27. The fourth-order valence-electron chi connectivity index (χ4n) is 3.67. The SMILES string of the molecule is Cc1c(C2(c3ccc(C(F)(F)F)nc3)CC2)c[nH]c1C(=O)NC(C)c1nc[nH]n1. The number of amides is 1. The Hall–Kier alpha value is -3.17. The number of nitrogens with zero attached hydrogens (tertiary/aromatic N) is 3. The molecule has 7 nitrogen and oxygen atoms in total. The zero-order valence-corrected chi connectivity index (χ0v) is 15.8. The van der Waals surface area contributed by atoms with Crippen molar-refractivity contribution >= 4 is 5.91 Å². The molecule has 1 fully saturated rings. The van der Waals surface area contributed by atoms with Crippen molar-refractivity contribution in [2.75, 3.05) is 0 Å². The lowest BCUT2D eigenvalue weighted by Crippen LogP contribution is -2.28. The van der Waals surface area contributed by atoms with Crippen molar-refractivity contribution in [1.29, 1.82) is 0 Å². The van der Waals surface area contributed by atoms with Gasteiger partial charge in [-0.1, -0.05) is 6.07 Å². The van der Waals surface area contributed by atoms with Crippen LogP contribution >= 0.6 is 0 Å². The normalized spacial score (nSPS) is 16.4. The third kappa shape index (κ3) is 3.39. The smallest absolute Gasteiger partial charge is 0.357 e. The first-order chi connectivity index (χ1) is 13.7. The molecule has 1 amide bonds. The highest BCUT2D eigenvalue weighted by molar-refractivity contribution is 5.94. The molecule has 3 heterocycles. The third-order valence-corrected chi connectivity index (χ3v) is 5.41. The Labute approximate surface area is 164 Å².